The van der Waals surface area contributed by atoms with Gasteiger partial charge >= 0.3 is 5.97 Å². The van der Waals surface area contributed by atoms with Crippen molar-refractivity contribution >= 4 is 29.5 Å². The molecule has 0 amide bonds. The first kappa shape index (κ1) is 14.3. The zero-order valence-electron chi connectivity index (χ0n) is 9.70. The Balaban J connectivity index is 2.93. The molecule has 0 saturated carbocycles. The minimum Gasteiger partial charge on any atom is -0.480 e. The lowest BCUT2D eigenvalue weighted by Crippen LogP contribution is -2.40. The van der Waals surface area contributed by atoms with Crippen molar-refractivity contribution in [2.24, 2.45) is 5.92 Å². The number of aliphatic carboxylic acids is 1. The highest BCUT2D eigenvalue weighted by Crippen LogP contribution is 2.36. The summed E-state index contributed by atoms with van der Waals surface area (Å²) in [6.45, 7) is 3.54. The van der Waals surface area contributed by atoms with E-state index < -0.39 is 18.4 Å². The van der Waals surface area contributed by atoms with Gasteiger partial charge in [-0.3, -0.25) is 9.88 Å². The Kier molecular flexibility index (Phi) is 4.83. The van der Waals surface area contributed by atoms with Crippen molar-refractivity contribution in [3.8, 4) is 0 Å². The third-order valence-electron chi connectivity index (χ3n) is 2.35. The highest BCUT2D eigenvalue weighted by atomic mass is 32.4. The first-order valence-corrected chi connectivity index (χ1v) is 7.99. The molecule has 0 bridgehead atoms. The maximum absolute atomic E-state index is 11.0. The zero-order chi connectivity index (χ0) is 13.1. The fourth-order valence-corrected chi connectivity index (χ4v) is 3.60. The van der Waals surface area contributed by atoms with Crippen LogP contribution in [0.2, 0.25) is 0 Å². The maximum atomic E-state index is 11.0. The summed E-state index contributed by atoms with van der Waals surface area (Å²) in [6.07, 6.45) is -3.01. The molecule has 1 aromatic carbocycles. The molecule has 94 valence electrons. The summed E-state index contributed by atoms with van der Waals surface area (Å²) < 4.78 is 0. The summed E-state index contributed by atoms with van der Waals surface area (Å²) >= 11 is 5.12. The van der Waals surface area contributed by atoms with Gasteiger partial charge in [0.2, 0.25) is 0 Å². The first-order chi connectivity index (χ1) is 7.84. The Morgan fingerprint density at radius 2 is 1.88 bits per heavy atom. The van der Waals surface area contributed by atoms with Crippen molar-refractivity contribution in [1.82, 2.24) is 5.09 Å². The first-order valence-electron chi connectivity index (χ1n) is 5.23. The highest BCUT2D eigenvalue weighted by molar-refractivity contribution is 8.14. The second-order valence-corrected chi connectivity index (χ2v) is 7.61. The third-order valence-corrected chi connectivity index (χ3v) is 4.93. The SMILES string of the molecule is CC(C)[C@H](NP(O)(=S)c1ccccc1)C(=O)O. The number of carboxylic acid groups (broad SMARTS) is 1. The van der Waals surface area contributed by atoms with Gasteiger partial charge in [-0.25, -0.2) is 0 Å². The standard InChI is InChI=1S/C11H16NO3PS/c1-8(2)10(11(13)14)12-16(15,17)9-6-4-3-5-7-9/h3-8,10H,1-2H3,(H,13,14)(H2,12,15,17)/t10-,16?/m0/s1. The number of hydrogen-bond acceptors (Lipinski definition) is 2. The van der Waals surface area contributed by atoms with E-state index in [9.17, 15) is 9.69 Å². The van der Waals surface area contributed by atoms with Crippen LogP contribution in [0.1, 0.15) is 13.8 Å². The molecular formula is C11H16NO3PS. The highest BCUT2D eigenvalue weighted by Gasteiger charge is 2.28. The quantitative estimate of drug-likeness (QED) is 0.706. The molecule has 17 heavy (non-hydrogen) atoms. The number of nitrogens with one attached hydrogen (secondary N) is 1. The number of benzene rings is 1. The van der Waals surface area contributed by atoms with Gasteiger partial charge < -0.3 is 10.00 Å². The molecule has 0 aromatic heterocycles. The van der Waals surface area contributed by atoms with Gasteiger partial charge in [-0.15, -0.1) is 0 Å². The Labute approximate surface area is 106 Å². The van der Waals surface area contributed by atoms with Crippen molar-refractivity contribution in [3.63, 3.8) is 0 Å². The summed E-state index contributed by atoms with van der Waals surface area (Å²) in [5.74, 6) is -1.15. The van der Waals surface area contributed by atoms with Gasteiger partial charge in [0, 0.05) is 5.30 Å². The van der Waals surface area contributed by atoms with Gasteiger partial charge in [0.15, 0.2) is 6.42 Å². The summed E-state index contributed by atoms with van der Waals surface area (Å²) in [4.78, 5) is 21.3. The molecule has 0 aliphatic heterocycles. The average Bonchev–Trinajstić information content (AvgIpc) is 2.26. The van der Waals surface area contributed by atoms with Gasteiger partial charge in [-0.1, -0.05) is 44.2 Å². The van der Waals surface area contributed by atoms with Crippen LogP contribution in [0, 0.1) is 5.92 Å². The van der Waals surface area contributed by atoms with Crippen LogP contribution in [-0.4, -0.2) is 22.0 Å². The van der Waals surface area contributed by atoms with E-state index in [0.717, 1.165) is 0 Å². The molecule has 0 fully saturated rings. The van der Waals surface area contributed by atoms with Crippen molar-refractivity contribution in [3.05, 3.63) is 30.3 Å². The summed E-state index contributed by atoms with van der Waals surface area (Å²) in [5, 5.41) is 12.3. The minimum absolute atomic E-state index is 0.148. The van der Waals surface area contributed by atoms with E-state index in [0.29, 0.717) is 5.30 Å². The number of carboxylic acids is 1. The van der Waals surface area contributed by atoms with E-state index in [1.807, 2.05) is 6.07 Å². The molecule has 0 radical (unpaired) electrons. The van der Waals surface area contributed by atoms with Crippen molar-refractivity contribution in [2.75, 3.05) is 0 Å². The molecule has 4 nitrogen and oxygen atoms in total. The molecule has 6 heteroatoms. The normalized spacial score (nSPS) is 16.5. The predicted octanol–water partition coefficient (Wildman–Crippen LogP) is 1.31. The molecule has 1 unspecified atom stereocenters. The monoisotopic (exact) mass is 273 g/mol. The van der Waals surface area contributed by atoms with Crippen LogP contribution in [0.4, 0.5) is 0 Å². The van der Waals surface area contributed by atoms with Crippen LogP contribution in [0.3, 0.4) is 0 Å². The van der Waals surface area contributed by atoms with E-state index in [1.165, 1.54) is 0 Å². The van der Waals surface area contributed by atoms with E-state index >= 15 is 0 Å². The topological polar surface area (TPSA) is 69.6 Å². The molecule has 0 aliphatic rings. The third kappa shape index (κ3) is 3.89. The second kappa shape index (κ2) is 5.74. The van der Waals surface area contributed by atoms with Crippen LogP contribution < -0.4 is 10.4 Å². The lowest BCUT2D eigenvalue weighted by atomic mass is 10.1. The number of hydrogen-bond donors (Lipinski definition) is 3. The predicted molar refractivity (Wildman–Crippen MR) is 72.0 cm³/mol. The molecule has 2 atom stereocenters. The Morgan fingerprint density at radius 1 is 1.35 bits per heavy atom. The smallest absolute Gasteiger partial charge is 0.321 e. The molecule has 1 rings (SSSR count). The van der Waals surface area contributed by atoms with Crippen LogP contribution in [-0.2, 0) is 16.6 Å². The average molecular weight is 273 g/mol. The summed E-state index contributed by atoms with van der Waals surface area (Å²) in [5.41, 5.74) is 0. The minimum atomic E-state index is -3.01. The lowest BCUT2D eigenvalue weighted by Gasteiger charge is -2.24. The van der Waals surface area contributed by atoms with E-state index in [4.69, 9.17) is 16.9 Å². The Hall–Kier alpha value is -0.740. The van der Waals surface area contributed by atoms with Crippen molar-refractivity contribution in [2.45, 2.75) is 19.9 Å². The van der Waals surface area contributed by atoms with Crippen LogP contribution in [0.25, 0.3) is 0 Å². The van der Waals surface area contributed by atoms with E-state index in [1.54, 1.807) is 38.1 Å². The fraction of sp³-hybridized carbons (Fsp3) is 0.364. The van der Waals surface area contributed by atoms with Crippen molar-refractivity contribution < 1.29 is 14.8 Å². The van der Waals surface area contributed by atoms with Crippen molar-refractivity contribution in [1.29, 1.82) is 0 Å². The van der Waals surface area contributed by atoms with Crippen LogP contribution >= 0.6 is 6.42 Å². The van der Waals surface area contributed by atoms with Gasteiger partial charge in [-0.2, -0.15) is 0 Å². The van der Waals surface area contributed by atoms with Gasteiger partial charge in [0.05, 0.1) is 0 Å². The molecule has 3 N–H and O–H groups in total. The molecule has 0 heterocycles. The largest absolute Gasteiger partial charge is 0.480 e. The zero-order valence-corrected chi connectivity index (χ0v) is 11.4. The Morgan fingerprint density at radius 3 is 2.29 bits per heavy atom. The maximum Gasteiger partial charge on any atom is 0.321 e. The summed E-state index contributed by atoms with van der Waals surface area (Å²) in [7, 11) is 0. The van der Waals surface area contributed by atoms with E-state index in [-0.39, 0.29) is 5.92 Å². The van der Waals surface area contributed by atoms with Gasteiger partial charge in [0.25, 0.3) is 0 Å². The summed E-state index contributed by atoms with van der Waals surface area (Å²) in [6, 6.07) is 7.90. The molecule has 1 aromatic rings. The van der Waals surface area contributed by atoms with E-state index in [2.05, 4.69) is 5.09 Å². The molecule has 0 aliphatic carbocycles. The van der Waals surface area contributed by atoms with Crippen LogP contribution in [0.15, 0.2) is 30.3 Å². The van der Waals surface area contributed by atoms with Gasteiger partial charge in [-0.05, 0) is 17.7 Å². The second-order valence-electron chi connectivity index (χ2n) is 4.10. The van der Waals surface area contributed by atoms with Crippen LogP contribution in [0.5, 0.6) is 0 Å². The fourth-order valence-electron chi connectivity index (χ4n) is 1.38. The molecule has 0 spiro atoms. The number of carbonyl (C=O) groups is 1. The Bertz CT molecular complexity index is 436. The number of rotatable bonds is 5. The van der Waals surface area contributed by atoms with Gasteiger partial charge in [0.1, 0.15) is 6.04 Å². The molecular weight excluding hydrogens is 257 g/mol. The molecule has 0 saturated heterocycles. The lowest BCUT2D eigenvalue weighted by molar-refractivity contribution is -0.140.